The molecule has 31 heavy (non-hydrogen) atoms. The number of nitrogens with zero attached hydrogens (tertiary/aromatic N) is 1. The zero-order valence-corrected chi connectivity index (χ0v) is 18.6. The molecule has 1 heterocycles. The number of carbonyl (C=O) groups excluding carboxylic acids is 1. The lowest BCUT2D eigenvalue weighted by Crippen LogP contribution is -2.33. The maximum absolute atomic E-state index is 13.2. The molecule has 0 saturated heterocycles. The minimum atomic E-state index is -2.87. The summed E-state index contributed by atoms with van der Waals surface area (Å²) in [5, 5.41) is 0. The highest BCUT2D eigenvalue weighted by atomic mass is 32.2. The molecule has 0 aliphatic carbocycles. The van der Waals surface area contributed by atoms with E-state index >= 15 is 0 Å². The zero-order chi connectivity index (χ0) is 22.1. The van der Waals surface area contributed by atoms with Crippen molar-refractivity contribution >= 4 is 15.6 Å². The summed E-state index contributed by atoms with van der Waals surface area (Å²) in [6.07, 6.45) is 1.49. The summed E-state index contributed by atoms with van der Waals surface area (Å²) in [7, 11) is -2.87. The highest BCUT2D eigenvalue weighted by molar-refractivity contribution is 7.93. The molecule has 0 radical (unpaired) electrons. The summed E-state index contributed by atoms with van der Waals surface area (Å²) < 4.78 is 29.3. The number of amides is 1. The summed E-state index contributed by atoms with van der Waals surface area (Å²) in [6.45, 7) is 4.69. The van der Waals surface area contributed by atoms with Crippen LogP contribution >= 0.6 is 0 Å². The van der Waals surface area contributed by atoms with Crippen molar-refractivity contribution in [3.63, 3.8) is 0 Å². The van der Waals surface area contributed by atoms with E-state index in [1.54, 1.807) is 30.3 Å². The monoisotopic (exact) mass is 435 g/mol. The Morgan fingerprint density at radius 2 is 1.71 bits per heavy atom. The van der Waals surface area contributed by atoms with Crippen molar-refractivity contribution in [1.29, 1.82) is 0 Å². The molecule has 0 N–H and O–H groups in total. The molecule has 0 aromatic heterocycles. The molecule has 1 aliphatic heterocycles. The van der Waals surface area contributed by atoms with Crippen LogP contribution in [0.2, 0.25) is 0 Å². The third-order valence-electron chi connectivity index (χ3n) is 5.46. The van der Waals surface area contributed by atoms with Crippen LogP contribution in [0.25, 0.3) is 0 Å². The van der Waals surface area contributed by atoms with E-state index in [0.717, 1.165) is 16.9 Å². The number of hydrogen-bond donors (Lipinski definition) is 0. The van der Waals surface area contributed by atoms with Gasteiger partial charge in [0.1, 0.15) is 24.7 Å². The molecule has 1 amide bonds. The summed E-state index contributed by atoms with van der Waals surface area (Å²) >= 11 is 0. The molecule has 3 aromatic carbocycles. The van der Waals surface area contributed by atoms with Gasteiger partial charge in [0, 0.05) is 16.7 Å². The average Bonchev–Trinajstić information content (AvgIpc) is 3.12. The van der Waals surface area contributed by atoms with Crippen LogP contribution in [0.5, 0.6) is 11.5 Å². The lowest BCUT2D eigenvalue weighted by molar-refractivity contribution is 0.100. The molecule has 0 spiro atoms. The molecule has 0 fully saturated rings. The lowest BCUT2D eigenvalue weighted by atomic mass is 9.81. The smallest absolute Gasteiger partial charge is 0.285 e. The molecular formula is C25H25NO4S. The average molecular weight is 436 g/mol. The second-order valence-electron chi connectivity index (χ2n) is 8.10. The fourth-order valence-electron chi connectivity index (χ4n) is 3.76. The number of fused-ring (bicyclic) bond motifs is 1. The number of carbonyl (C=O) groups is 1. The van der Waals surface area contributed by atoms with Gasteiger partial charge in [-0.1, -0.05) is 42.5 Å². The van der Waals surface area contributed by atoms with Gasteiger partial charge < -0.3 is 9.47 Å². The molecular weight excluding hydrogens is 410 g/mol. The maximum Gasteiger partial charge on any atom is 0.285 e. The SMILES string of the molecule is Cc1ccc(C(=O)N=S(C)(=O)c2ccccc2)c2c1OCC2(C)COc1ccccc1. The number of benzene rings is 3. The van der Waals surface area contributed by atoms with Crippen molar-refractivity contribution in [2.45, 2.75) is 24.2 Å². The first-order valence-corrected chi connectivity index (χ1v) is 12.0. The molecule has 2 unspecified atom stereocenters. The Bertz CT molecular complexity index is 1230. The van der Waals surface area contributed by atoms with Gasteiger partial charge in [-0.25, -0.2) is 4.21 Å². The van der Waals surface area contributed by atoms with Crippen LogP contribution in [0.3, 0.4) is 0 Å². The Kier molecular flexibility index (Phi) is 5.58. The summed E-state index contributed by atoms with van der Waals surface area (Å²) in [5.41, 5.74) is 1.57. The highest BCUT2D eigenvalue weighted by Crippen LogP contribution is 2.43. The van der Waals surface area contributed by atoms with Gasteiger partial charge in [0.2, 0.25) is 0 Å². The van der Waals surface area contributed by atoms with Gasteiger partial charge in [-0.3, -0.25) is 4.79 Å². The van der Waals surface area contributed by atoms with Gasteiger partial charge in [0.15, 0.2) is 0 Å². The first-order valence-electron chi connectivity index (χ1n) is 10.1. The number of hydrogen-bond acceptors (Lipinski definition) is 4. The standard InChI is InChI=1S/C25H25NO4S/c1-18-14-15-21(24(27)26-31(3,28)20-12-8-5-9-13-20)22-23(18)30-17-25(22,2)16-29-19-10-6-4-7-11-19/h4-15H,16-17H2,1-3H3. The molecule has 5 nitrogen and oxygen atoms in total. The van der Waals surface area contributed by atoms with Crippen LogP contribution in [0.4, 0.5) is 0 Å². The van der Waals surface area contributed by atoms with Gasteiger partial charge in [-0.15, -0.1) is 0 Å². The van der Waals surface area contributed by atoms with Crippen LogP contribution in [0, 0.1) is 6.92 Å². The molecule has 0 bridgehead atoms. The van der Waals surface area contributed by atoms with Crippen molar-refractivity contribution in [1.82, 2.24) is 0 Å². The Hall–Kier alpha value is -3.12. The van der Waals surface area contributed by atoms with Gasteiger partial charge >= 0.3 is 0 Å². The fourth-order valence-corrected chi connectivity index (χ4v) is 4.94. The largest absolute Gasteiger partial charge is 0.493 e. The minimum absolute atomic E-state index is 0.341. The van der Waals surface area contributed by atoms with Crippen LogP contribution in [0.1, 0.15) is 28.4 Å². The molecule has 3 aromatic rings. The van der Waals surface area contributed by atoms with E-state index in [9.17, 15) is 9.00 Å². The van der Waals surface area contributed by atoms with Gasteiger partial charge in [0.25, 0.3) is 5.91 Å². The summed E-state index contributed by atoms with van der Waals surface area (Å²) in [6, 6.07) is 22.0. The molecule has 2 atom stereocenters. The lowest BCUT2D eigenvalue weighted by Gasteiger charge is -2.24. The Balaban J connectivity index is 1.72. The van der Waals surface area contributed by atoms with E-state index in [-0.39, 0.29) is 0 Å². The van der Waals surface area contributed by atoms with E-state index < -0.39 is 21.1 Å². The number of para-hydroxylation sites is 1. The summed E-state index contributed by atoms with van der Waals surface area (Å²) in [5.74, 6) is 0.926. The van der Waals surface area contributed by atoms with Crippen molar-refractivity contribution in [3.05, 3.63) is 89.5 Å². The van der Waals surface area contributed by atoms with Gasteiger partial charge in [0.05, 0.1) is 20.7 Å². The zero-order valence-electron chi connectivity index (χ0n) is 17.8. The predicted molar refractivity (Wildman–Crippen MR) is 121 cm³/mol. The second kappa shape index (κ2) is 8.19. The molecule has 1 aliphatic rings. The Morgan fingerprint density at radius 3 is 2.39 bits per heavy atom. The van der Waals surface area contributed by atoms with Crippen molar-refractivity contribution in [3.8, 4) is 11.5 Å². The Labute approximate surface area is 183 Å². The molecule has 0 saturated carbocycles. The third-order valence-corrected chi connectivity index (χ3v) is 7.12. The van der Waals surface area contributed by atoms with Crippen molar-refractivity contribution < 1.29 is 18.5 Å². The first kappa shape index (κ1) is 21.1. The maximum atomic E-state index is 13.2. The van der Waals surface area contributed by atoms with E-state index in [4.69, 9.17) is 9.47 Å². The van der Waals surface area contributed by atoms with Crippen LogP contribution in [0.15, 0.2) is 82.1 Å². The number of aryl methyl sites for hydroxylation is 1. The second-order valence-corrected chi connectivity index (χ2v) is 10.4. The Morgan fingerprint density at radius 1 is 1.06 bits per heavy atom. The first-order chi connectivity index (χ1) is 14.8. The number of ether oxygens (including phenoxy) is 2. The van der Waals surface area contributed by atoms with Gasteiger partial charge in [-0.2, -0.15) is 4.36 Å². The van der Waals surface area contributed by atoms with Crippen LogP contribution in [-0.4, -0.2) is 29.6 Å². The quantitative estimate of drug-likeness (QED) is 0.564. The summed E-state index contributed by atoms with van der Waals surface area (Å²) in [4.78, 5) is 13.8. The van der Waals surface area contributed by atoms with Crippen LogP contribution < -0.4 is 9.47 Å². The fraction of sp³-hybridized carbons (Fsp3) is 0.240. The molecule has 4 rings (SSSR count). The molecule has 160 valence electrons. The van der Waals surface area contributed by atoms with E-state index in [0.29, 0.717) is 29.4 Å². The topological polar surface area (TPSA) is 65.0 Å². The van der Waals surface area contributed by atoms with E-state index in [1.807, 2.05) is 56.3 Å². The normalized spacial score (nSPS) is 19.1. The number of rotatable bonds is 5. The minimum Gasteiger partial charge on any atom is -0.493 e. The van der Waals surface area contributed by atoms with E-state index in [1.165, 1.54) is 6.26 Å². The predicted octanol–water partition coefficient (Wildman–Crippen LogP) is 5.02. The third kappa shape index (κ3) is 4.21. The highest BCUT2D eigenvalue weighted by Gasteiger charge is 2.41. The molecule has 6 heteroatoms. The van der Waals surface area contributed by atoms with Gasteiger partial charge in [-0.05, 0) is 49.7 Å². The van der Waals surface area contributed by atoms with E-state index in [2.05, 4.69) is 4.36 Å². The van der Waals surface area contributed by atoms with Crippen LogP contribution in [-0.2, 0) is 15.1 Å². The van der Waals surface area contributed by atoms with Crippen molar-refractivity contribution in [2.75, 3.05) is 19.5 Å². The van der Waals surface area contributed by atoms with Crippen molar-refractivity contribution in [2.24, 2.45) is 4.36 Å².